The molecule has 0 radical (unpaired) electrons. The molecule has 12 aromatic rings. The second-order valence-corrected chi connectivity index (χ2v) is 14.4. The molecule has 50 heavy (non-hydrogen) atoms. The quantitative estimate of drug-likeness (QED) is 0.163. The highest BCUT2D eigenvalue weighted by atomic mass is 35.5. The van der Waals surface area contributed by atoms with Gasteiger partial charge in [-0.1, -0.05) is 127 Å². The van der Waals surface area contributed by atoms with E-state index in [4.69, 9.17) is 26.0 Å². The van der Waals surface area contributed by atoms with E-state index in [2.05, 4.69) is 132 Å². The first kappa shape index (κ1) is 26.9. The number of nitrogens with zero attached hydrogens (tertiary/aromatic N) is 3. The van der Waals surface area contributed by atoms with Crippen molar-refractivity contribution in [3.63, 3.8) is 0 Å². The Balaban J connectivity index is 1.28. The third-order valence-electron chi connectivity index (χ3n) is 10.4. The third-order valence-corrected chi connectivity index (χ3v) is 11.9. The molecule has 0 saturated carbocycles. The van der Waals surface area contributed by atoms with E-state index in [-0.39, 0.29) is 0 Å². The number of thiophene rings is 1. The summed E-state index contributed by atoms with van der Waals surface area (Å²) < 4.78 is 11.4. The Morgan fingerprint density at radius 2 is 1.12 bits per heavy atom. The third kappa shape index (κ3) is 3.36. The average Bonchev–Trinajstić information content (AvgIpc) is 3.83. The molecule has 0 unspecified atom stereocenters. The summed E-state index contributed by atoms with van der Waals surface area (Å²) in [6.45, 7) is 0. The van der Waals surface area contributed by atoms with Gasteiger partial charge in [0.2, 0.25) is 5.71 Å². The van der Waals surface area contributed by atoms with E-state index in [1.807, 2.05) is 17.4 Å². The van der Waals surface area contributed by atoms with Gasteiger partial charge in [0, 0.05) is 31.6 Å². The lowest BCUT2D eigenvalue weighted by molar-refractivity contribution is 0.655. The molecular formula is C44H22ClN3OS. The van der Waals surface area contributed by atoms with Crippen LogP contribution in [0.4, 0.5) is 0 Å². The predicted octanol–water partition coefficient (Wildman–Crippen LogP) is 13.1. The lowest BCUT2D eigenvalue weighted by Crippen LogP contribution is -2.00. The summed E-state index contributed by atoms with van der Waals surface area (Å²) in [6.07, 6.45) is 0. The molecule has 0 fully saturated rings. The summed E-state index contributed by atoms with van der Waals surface area (Å²) in [7, 11) is 0. The zero-order valence-electron chi connectivity index (χ0n) is 26.2. The number of halogens is 1. The minimum Gasteiger partial charge on any atom is -0.436 e. The summed E-state index contributed by atoms with van der Waals surface area (Å²) in [5, 5.41) is 15.4. The van der Waals surface area contributed by atoms with Crippen LogP contribution in [0.15, 0.2) is 138 Å². The lowest BCUT2D eigenvalue weighted by Gasteiger charge is -2.10. The van der Waals surface area contributed by atoms with Crippen molar-refractivity contribution in [1.82, 2.24) is 14.5 Å². The molecule has 0 N–H and O–H groups in total. The molecule has 0 atom stereocenters. The normalized spacial score (nSPS) is 12.5. The molecule has 4 nitrogen and oxygen atoms in total. The number of hydrogen-bond acceptors (Lipinski definition) is 4. The first-order valence-electron chi connectivity index (χ1n) is 16.6. The van der Waals surface area contributed by atoms with E-state index in [0.717, 1.165) is 48.9 Å². The molecule has 8 aromatic carbocycles. The van der Waals surface area contributed by atoms with Crippen LogP contribution in [0.1, 0.15) is 0 Å². The minimum absolute atomic E-state index is 0.327. The molecule has 4 aromatic heterocycles. The van der Waals surface area contributed by atoms with Gasteiger partial charge < -0.3 is 4.42 Å². The van der Waals surface area contributed by atoms with Gasteiger partial charge in [-0.15, -0.1) is 11.3 Å². The Hall–Kier alpha value is -6.01. The smallest absolute Gasteiger partial charge is 0.248 e. The molecule has 0 saturated heterocycles. The fourth-order valence-corrected chi connectivity index (χ4v) is 9.90. The zero-order chi connectivity index (χ0) is 32.7. The summed E-state index contributed by atoms with van der Waals surface area (Å²) in [4.78, 5) is 10.4. The van der Waals surface area contributed by atoms with E-state index >= 15 is 0 Å². The standard InChI is InChI=1S/C44H22ClN3OS/c45-42-43(47-44-38(46-42)37-27-15-5-3-13-25(27)26-14-4-8-18-30(26)40(37)49-44)48-33-20-10-9-19-31(33)35-28-16-6-7-17-29(28)36-32-21-23-11-1-2-12-24(23)22-34(32)50-41(36)39(35)48/h1-22H. The van der Waals surface area contributed by atoms with E-state index in [1.54, 1.807) is 0 Å². The van der Waals surface area contributed by atoms with Crippen molar-refractivity contribution >= 4 is 130 Å². The van der Waals surface area contributed by atoms with Gasteiger partial charge in [-0.3, -0.25) is 4.57 Å². The van der Waals surface area contributed by atoms with Crippen LogP contribution in [0.5, 0.6) is 0 Å². The van der Waals surface area contributed by atoms with Crippen LogP contribution in [0.25, 0.3) is 113 Å². The van der Waals surface area contributed by atoms with Crippen molar-refractivity contribution < 1.29 is 4.42 Å². The molecule has 6 heteroatoms. The summed E-state index contributed by atoms with van der Waals surface area (Å²) in [5.41, 5.74) is 4.00. The molecule has 0 aliphatic carbocycles. The van der Waals surface area contributed by atoms with E-state index in [1.165, 1.54) is 47.1 Å². The van der Waals surface area contributed by atoms with Crippen LogP contribution in [0.3, 0.4) is 0 Å². The van der Waals surface area contributed by atoms with Gasteiger partial charge in [-0.05, 0) is 55.9 Å². The van der Waals surface area contributed by atoms with Crippen molar-refractivity contribution in [3.05, 3.63) is 139 Å². The number of aromatic nitrogens is 3. The average molecular weight is 676 g/mol. The Morgan fingerprint density at radius 1 is 0.540 bits per heavy atom. The maximum Gasteiger partial charge on any atom is 0.248 e. The molecule has 0 bridgehead atoms. The molecule has 0 aliphatic heterocycles. The summed E-state index contributed by atoms with van der Waals surface area (Å²) >= 11 is 9.13. The number of rotatable bonds is 1. The van der Waals surface area contributed by atoms with Crippen LogP contribution in [0, 0.1) is 0 Å². The highest BCUT2D eigenvalue weighted by Crippen LogP contribution is 2.49. The van der Waals surface area contributed by atoms with Crippen molar-refractivity contribution in [2.24, 2.45) is 0 Å². The van der Waals surface area contributed by atoms with E-state index < -0.39 is 0 Å². The summed E-state index contributed by atoms with van der Waals surface area (Å²) in [6, 6.07) is 47.3. The number of furan rings is 1. The van der Waals surface area contributed by atoms with Crippen LogP contribution >= 0.6 is 22.9 Å². The van der Waals surface area contributed by atoms with Crippen LogP contribution in [-0.2, 0) is 0 Å². The largest absolute Gasteiger partial charge is 0.436 e. The highest BCUT2D eigenvalue weighted by Gasteiger charge is 2.26. The second-order valence-electron chi connectivity index (χ2n) is 13.0. The first-order valence-corrected chi connectivity index (χ1v) is 17.8. The Morgan fingerprint density at radius 3 is 1.88 bits per heavy atom. The maximum atomic E-state index is 7.31. The van der Waals surface area contributed by atoms with Crippen LogP contribution < -0.4 is 0 Å². The van der Waals surface area contributed by atoms with Gasteiger partial charge in [0.25, 0.3) is 0 Å². The lowest BCUT2D eigenvalue weighted by atomic mass is 9.98. The van der Waals surface area contributed by atoms with Gasteiger partial charge in [0.1, 0.15) is 11.1 Å². The van der Waals surface area contributed by atoms with Gasteiger partial charge in [0.15, 0.2) is 11.0 Å². The van der Waals surface area contributed by atoms with Crippen LogP contribution in [-0.4, -0.2) is 14.5 Å². The SMILES string of the molecule is Clc1nc2c(nc1-n1c3ccccc3c3c4ccccc4c4c5cc6ccccc6cc5sc4c31)oc1c3ccccc3c3ccccc3c21. The molecule has 0 amide bonds. The fraction of sp³-hybridized carbons (Fsp3) is 0. The van der Waals surface area contributed by atoms with Gasteiger partial charge in [-0.25, -0.2) is 4.98 Å². The van der Waals surface area contributed by atoms with Crippen molar-refractivity contribution in [2.75, 3.05) is 0 Å². The Kier molecular flexibility index (Phi) is 5.15. The number of fused-ring (bicyclic) bond motifs is 19. The topological polar surface area (TPSA) is 43.9 Å². The Bertz CT molecular complexity index is 3460. The monoisotopic (exact) mass is 675 g/mol. The highest BCUT2D eigenvalue weighted by molar-refractivity contribution is 7.27. The molecule has 12 rings (SSSR count). The van der Waals surface area contributed by atoms with Gasteiger partial charge >= 0.3 is 0 Å². The zero-order valence-corrected chi connectivity index (χ0v) is 27.8. The molecular weight excluding hydrogens is 654 g/mol. The molecule has 0 aliphatic rings. The van der Waals surface area contributed by atoms with E-state index in [0.29, 0.717) is 22.2 Å². The number of para-hydroxylation sites is 1. The predicted molar refractivity (Wildman–Crippen MR) is 212 cm³/mol. The van der Waals surface area contributed by atoms with Crippen molar-refractivity contribution in [3.8, 4) is 5.82 Å². The fourth-order valence-electron chi connectivity index (χ4n) is 8.40. The first-order chi connectivity index (χ1) is 24.7. The van der Waals surface area contributed by atoms with Gasteiger partial charge in [-0.2, -0.15) is 4.98 Å². The molecule has 0 spiro atoms. The van der Waals surface area contributed by atoms with Crippen molar-refractivity contribution in [2.45, 2.75) is 0 Å². The minimum atomic E-state index is 0.327. The maximum absolute atomic E-state index is 7.31. The molecule has 4 heterocycles. The summed E-state index contributed by atoms with van der Waals surface area (Å²) in [5.74, 6) is 0.553. The van der Waals surface area contributed by atoms with Crippen molar-refractivity contribution in [1.29, 1.82) is 0 Å². The van der Waals surface area contributed by atoms with Gasteiger partial charge in [0.05, 0.1) is 21.1 Å². The number of benzene rings is 8. The number of hydrogen-bond donors (Lipinski definition) is 0. The molecule has 232 valence electrons. The Labute approximate surface area is 292 Å². The van der Waals surface area contributed by atoms with E-state index in [9.17, 15) is 0 Å². The van der Waals surface area contributed by atoms with Crippen LogP contribution in [0.2, 0.25) is 5.15 Å². The second kappa shape index (κ2) is 9.57.